The number of aromatic nitrogens is 4. The summed E-state index contributed by atoms with van der Waals surface area (Å²) in [6.45, 7) is 8.30. The van der Waals surface area contributed by atoms with Gasteiger partial charge < -0.3 is 19.7 Å². The number of nitriles is 1. The summed E-state index contributed by atoms with van der Waals surface area (Å²) in [6.07, 6.45) is 8.73. The maximum Gasteiger partial charge on any atom is 0.407 e. The van der Waals surface area contributed by atoms with Crippen LogP contribution in [-0.2, 0) is 9.47 Å². The average Bonchev–Trinajstić information content (AvgIpc) is 3.56. The number of ether oxygens (including phenoxy) is 2. The van der Waals surface area contributed by atoms with Crippen LogP contribution in [0, 0.1) is 16.7 Å². The summed E-state index contributed by atoms with van der Waals surface area (Å²) in [4.78, 5) is 30.7. The minimum atomic E-state index is -0.544. The Morgan fingerprint density at radius 1 is 1.18 bits per heavy atom. The lowest BCUT2D eigenvalue weighted by molar-refractivity contribution is 0.0455. The fourth-order valence-corrected chi connectivity index (χ4v) is 6.53. The molecule has 11 heteroatoms. The third-order valence-corrected chi connectivity index (χ3v) is 8.66. The molecule has 1 aromatic carbocycles. The van der Waals surface area contributed by atoms with Gasteiger partial charge in [0, 0.05) is 53.6 Å². The molecule has 1 spiro atoms. The van der Waals surface area contributed by atoms with Crippen LogP contribution in [0.5, 0.6) is 0 Å². The zero-order valence-corrected chi connectivity index (χ0v) is 23.6. The summed E-state index contributed by atoms with van der Waals surface area (Å²) in [7, 11) is 0. The summed E-state index contributed by atoms with van der Waals surface area (Å²) < 4.78 is 13.4. The van der Waals surface area contributed by atoms with Gasteiger partial charge in [-0.1, -0.05) is 17.8 Å². The van der Waals surface area contributed by atoms with E-state index in [4.69, 9.17) is 14.5 Å². The van der Waals surface area contributed by atoms with Crippen molar-refractivity contribution in [1.82, 2.24) is 24.7 Å². The van der Waals surface area contributed by atoms with Gasteiger partial charge >= 0.3 is 6.09 Å². The van der Waals surface area contributed by atoms with E-state index in [2.05, 4.69) is 26.3 Å². The van der Waals surface area contributed by atoms with Crippen LogP contribution in [0.4, 0.5) is 10.7 Å². The lowest BCUT2D eigenvalue weighted by atomic mass is 9.74. The van der Waals surface area contributed by atoms with Crippen LogP contribution in [0.15, 0.2) is 58.8 Å². The van der Waals surface area contributed by atoms with Gasteiger partial charge in [-0.2, -0.15) is 5.26 Å². The zero-order chi connectivity index (χ0) is 27.9. The minimum Gasteiger partial charge on any atom is -0.444 e. The highest BCUT2D eigenvalue weighted by Crippen LogP contribution is 2.41. The Kier molecular flexibility index (Phi) is 6.76. The zero-order valence-electron chi connectivity index (χ0n) is 22.8. The van der Waals surface area contributed by atoms with Crippen LogP contribution < -0.4 is 10.2 Å². The molecule has 1 N–H and O–H groups in total. The Bertz CT molecular complexity index is 1620. The molecule has 0 radical (unpaired) electrons. The molecular weight excluding hydrogens is 526 g/mol. The number of benzene rings is 1. The maximum atomic E-state index is 12.5. The summed E-state index contributed by atoms with van der Waals surface area (Å²) in [5.41, 5.74) is 1.54. The number of nitrogens with one attached hydrogen (secondary N) is 1. The third kappa shape index (κ3) is 5.05. The Morgan fingerprint density at radius 3 is 2.77 bits per heavy atom. The molecule has 10 nitrogen and oxygen atoms in total. The average molecular weight is 558 g/mol. The number of hydrogen-bond acceptors (Lipinski definition) is 9. The molecule has 0 aliphatic carbocycles. The van der Waals surface area contributed by atoms with Gasteiger partial charge in [0.1, 0.15) is 5.60 Å². The van der Waals surface area contributed by atoms with Crippen molar-refractivity contribution in [1.29, 1.82) is 5.26 Å². The third-order valence-electron chi connectivity index (χ3n) is 7.57. The molecule has 4 aromatic rings. The van der Waals surface area contributed by atoms with Crippen molar-refractivity contribution >= 4 is 40.4 Å². The molecule has 2 fully saturated rings. The SMILES string of the molecule is CC(C)(C)OC(=O)N[C@@H]1COCC12CCN(c1ncc(Sc3ccnc4cc(C#N)ccc34)c3nccn13)CC2. The van der Waals surface area contributed by atoms with E-state index in [9.17, 15) is 10.1 Å². The molecule has 2 saturated heterocycles. The lowest BCUT2D eigenvalue weighted by Crippen LogP contribution is -2.53. The summed E-state index contributed by atoms with van der Waals surface area (Å²) in [6, 6.07) is 9.62. The van der Waals surface area contributed by atoms with E-state index in [1.807, 2.05) is 55.8 Å². The van der Waals surface area contributed by atoms with Crippen molar-refractivity contribution in [2.45, 2.75) is 55.0 Å². The number of carbonyl (C=O) groups excluding carboxylic acids is 1. The van der Waals surface area contributed by atoms with Crippen LogP contribution >= 0.6 is 11.8 Å². The first-order valence-corrected chi connectivity index (χ1v) is 14.2. The van der Waals surface area contributed by atoms with Gasteiger partial charge in [0.2, 0.25) is 5.95 Å². The monoisotopic (exact) mass is 557 g/mol. The lowest BCUT2D eigenvalue weighted by Gasteiger charge is -2.42. The number of alkyl carbamates (subject to hydrolysis) is 1. The van der Waals surface area contributed by atoms with Crippen molar-refractivity contribution in [3.8, 4) is 6.07 Å². The summed E-state index contributed by atoms with van der Waals surface area (Å²) in [5, 5.41) is 13.3. The fourth-order valence-electron chi connectivity index (χ4n) is 5.54. The number of anilines is 1. The quantitative estimate of drug-likeness (QED) is 0.377. The summed E-state index contributed by atoms with van der Waals surface area (Å²) >= 11 is 1.59. The van der Waals surface area contributed by atoms with Crippen LogP contribution in [0.25, 0.3) is 16.6 Å². The fraction of sp³-hybridized carbons (Fsp3) is 0.414. The van der Waals surface area contributed by atoms with E-state index in [0.29, 0.717) is 18.8 Å². The second kappa shape index (κ2) is 10.3. The van der Waals surface area contributed by atoms with Crippen LogP contribution in [-0.4, -0.2) is 63.4 Å². The van der Waals surface area contributed by atoms with Crippen LogP contribution in [0.2, 0.25) is 0 Å². The number of carbonyl (C=O) groups is 1. The number of pyridine rings is 1. The molecule has 206 valence electrons. The van der Waals surface area contributed by atoms with Crippen molar-refractivity contribution in [3.63, 3.8) is 0 Å². The predicted molar refractivity (Wildman–Crippen MR) is 151 cm³/mol. The van der Waals surface area contributed by atoms with Gasteiger partial charge in [0.15, 0.2) is 5.65 Å². The van der Waals surface area contributed by atoms with E-state index in [0.717, 1.165) is 58.2 Å². The Hall–Kier alpha value is -3.88. The van der Waals surface area contributed by atoms with E-state index >= 15 is 0 Å². The van der Waals surface area contributed by atoms with E-state index in [1.165, 1.54) is 0 Å². The molecule has 40 heavy (non-hydrogen) atoms. The first kappa shape index (κ1) is 26.3. The smallest absolute Gasteiger partial charge is 0.407 e. The topological polar surface area (TPSA) is 118 Å². The standard InChI is InChI=1S/C29H31N7O3S/c1-28(2,3)39-27(37)34-24-17-38-18-29(24)7-11-35(12-8-29)26-33-16-23(25-32-10-13-36(25)26)40-22-6-9-31-21-14-19(15-30)4-5-20(21)22/h4-6,9-10,13-14,16,24H,7-8,11-12,17-18H2,1-3H3,(H,34,37)/t24-/m1/s1. The van der Waals surface area contributed by atoms with E-state index in [-0.39, 0.29) is 11.5 Å². The molecule has 1 atom stereocenters. The van der Waals surface area contributed by atoms with Gasteiger partial charge in [0.25, 0.3) is 0 Å². The first-order chi connectivity index (χ1) is 19.2. The number of rotatable bonds is 4. The Morgan fingerprint density at radius 2 is 2.00 bits per heavy atom. The predicted octanol–water partition coefficient (Wildman–Crippen LogP) is 4.81. The molecule has 0 bridgehead atoms. The number of nitrogens with zero attached hydrogens (tertiary/aromatic N) is 6. The second-order valence-corrected chi connectivity index (χ2v) is 12.4. The highest BCUT2D eigenvalue weighted by Gasteiger charge is 2.47. The number of fused-ring (bicyclic) bond motifs is 2. The number of hydrogen-bond donors (Lipinski definition) is 1. The highest BCUT2D eigenvalue weighted by molar-refractivity contribution is 7.99. The van der Waals surface area contributed by atoms with Gasteiger partial charge in [-0.25, -0.2) is 14.8 Å². The van der Waals surface area contributed by atoms with Gasteiger partial charge in [-0.15, -0.1) is 0 Å². The Labute approximate surface area is 236 Å². The van der Waals surface area contributed by atoms with E-state index < -0.39 is 11.7 Å². The van der Waals surface area contributed by atoms with Gasteiger partial charge in [-0.05, 0) is 51.8 Å². The van der Waals surface area contributed by atoms with Crippen LogP contribution in [0.3, 0.4) is 0 Å². The minimum absolute atomic E-state index is 0.0797. The largest absolute Gasteiger partial charge is 0.444 e. The second-order valence-electron chi connectivity index (χ2n) is 11.4. The van der Waals surface area contributed by atoms with Gasteiger partial charge in [0.05, 0.1) is 41.3 Å². The molecule has 0 unspecified atom stereocenters. The molecule has 6 rings (SSSR count). The summed E-state index contributed by atoms with van der Waals surface area (Å²) in [5.74, 6) is 0.848. The van der Waals surface area contributed by atoms with Crippen LogP contribution in [0.1, 0.15) is 39.2 Å². The highest BCUT2D eigenvalue weighted by atomic mass is 32.2. The molecular formula is C29H31N7O3S. The molecule has 2 aliphatic heterocycles. The molecule has 3 aromatic heterocycles. The molecule has 0 saturated carbocycles. The maximum absolute atomic E-state index is 12.5. The number of piperidine rings is 1. The van der Waals surface area contributed by atoms with Crippen molar-refractivity contribution in [2.75, 3.05) is 31.2 Å². The van der Waals surface area contributed by atoms with Crippen molar-refractivity contribution in [2.24, 2.45) is 5.41 Å². The Balaban J connectivity index is 1.20. The van der Waals surface area contributed by atoms with E-state index in [1.54, 1.807) is 30.2 Å². The number of imidazole rings is 1. The molecule has 2 aliphatic rings. The van der Waals surface area contributed by atoms with Gasteiger partial charge in [-0.3, -0.25) is 9.38 Å². The molecule has 5 heterocycles. The first-order valence-electron chi connectivity index (χ1n) is 13.4. The van der Waals surface area contributed by atoms with Crippen molar-refractivity contribution in [3.05, 3.63) is 54.6 Å². The van der Waals surface area contributed by atoms with Crippen molar-refractivity contribution < 1.29 is 14.3 Å². The number of amides is 1. The molecule has 1 amide bonds. The normalized spacial score (nSPS) is 18.8.